The molecule has 3 heterocycles. The number of carbonyl (C=O) groups is 2. The maximum Gasteiger partial charge on any atom is 0.490 e. The zero-order valence-corrected chi connectivity index (χ0v) is 16.8. The molecule has 0 aromatic heterocycles. The van der Waals surface area contributed by atoms with E-state index in [1.807, 2.05) is 0 Å². The first kappa shape index (κ1) is 22.3. The van der Waals surface area contributed by atoms with Crippen molar-refractivity contribution in [3.05, 3.63) is 0 Å². The normalized spacial score (nSPS) is 30.9. The molecule has 0 bridgehead atoms. The fourth-order valence-corrected chi connectivity index (χ4v) is 4.76. The summed E-state index contributed by atoms with van der Waals surface area (Å²) >= 11 is 0. The van der Waals surface area contributed by atoms with Gasteiger partial charge in [0.25, 0.3) is 0 Å². The lowest BCUT2D eigenvalue weighted by Gasteiger charge is -2.38. The Morgan fingerprint density at radius 1 is 1.10 bits per heavy atom. The number of hydrogen-bond donors (Lipinski definition) is 1. The minimum atomic E-state index is -5.08. The van der Waals surface area contributed by atoms with Crippen molar-refractivity contribution in [1.29, 1.82) is 0 Å². The van der Waals surface area contributed by atoms with Gasteiger partial charge in [-0.15, -0.1) is 0 Å². The van der Waals surface area contributed by atoms with Crippen LogP contribution < -0.4 is 0 Å². The molecule has 0 aromatic carbocycles. The highest BCUT2D eigenvalue weighted by molar-refractivity contribution is 5.79. The molecule has 6 nitrogen and oxygen atoms in total. The van der Waals surface area contributed by atoms with E-state index in [-0.39, 0.29) is 5.54 Å². The van der Waals surface area contributed by atoms with Gasteiger partial charge in [-0.3, -0.25) is 4.79 Å². The summed E-state index contributed by atoms with van der Waals surface area (Å²) in [5, 5.41) is 7.12. The topological polar surface area (TPSA) is 70.1 Å². The van der Waals surface area contributed by atoms with Crippen LogP contribution in [-0.2, 0) is 14.3 Å². The summed E-state index contributed by atoms with van der Waals surface area (Å²) in [6.45, 7) is 6.54. The Labute approximate surface area is 169 Å². The van der Waals surface area contributed by atoms with Gasteiger partial charge in [-0.1, -0.05) is 0 Å². The Morgan fingerprint density at radius 2 is 1.83 bits per heavy atom. The van der Waals surface area contributed by atoms with Crippen molar-refractivity contribution in [2.75, 3.05) is 39.4 Å². The van der Waals surface area contributed by atoms with E-state index in [2.05, 4.69) is 9.80 Å². The van der Waals surface area contributed by atoms with Crippen molar-refractivity contribution in [1.82, 2.24) is 9.80 Å². The molecule has 0 radical (unpaired) electrons. The van der Waals surface area contributed by atoms with Crippen molar-refractivity contribution in [3.63, 3.8) is 0 Å². The van der Waals surface area contributed by atoms with Crippen LogP contribution in [0.5, 0.6) is 0 Å². The van der Waals surface area contributed by atoms with Crippen molar-refractivity contribution in [2.45, 2.75) is 63.1 Å². The SMILES string of the molecule is O=C(O)C(F)(F)F.O=C1CCC2(CCCN(CC3CCOC3)CC2)N1CC1CC1. The van der Waals surface area contributed by atoms with Crippen LogP contribution in [-0.4, -0.2) is 77.9 Å². The van der Waals surface area contributed by atoms with Crippen molar-refractivity contribution in [2.24, 2.45) is 11.8 Å². The molecule has 1 aliphatic carbocycles. The van der Waals surface area contributed by atoms with Gasteiger partial charge in [0.2, 0.25) is 5.91 Å². The molecule has 2 unspecified atom stereocenters. The first-order valence-electron chi connectivity index (χ1n) is 10.6. The number of carbonyl (C=O) groups excluding carboxylic acids is 1. The molecular weight excluding hydrogens is 389 g/mol. The zero-order valence-electron chi connectivity index (χ0n) is 16.8. The minimum Gasteiger partial charge on any atom is -0.475 e. The van der Waals surface area contributed by atoms with Gasteiger partial charge in [0.1, 0.15) is 0 Å². The summed E-state index contributed by atoms with van der Waals surface area (Å²) < 4.78 is 37.3. The summed E-state index contributed by atoms with van der Waals surface area (Å²) in [5.74, 6) is -0.771. The molecular formula is C20H31F3N2O4. The number of carboxylic acids is 1. The third-order valence-corrected chi connectivity index (χ3v) is 6.61. The number of hydrogen-bond acceptors (Lipinski definition) is 4. The van der Waals surface area contributed by atoms with Crippen LogP contribution in [0.1, 0.15) is 51.4 Å². The molecule has 4 rings (SSSR count). The number of alkyl halides is 3. The Morgan fingerprint density at radius 3 is 2.41 bits per heavy atom. The molecule has 2 atom stereocenters. The minimum absolute atomic E-state index is 0.209. The van der Waals surface area contributed by atoms with Gasteiger partial charge in [-0.05, 0) is 63.3 Å². The third-order valence-electron chi connectivity index (χ3n) is 6.61. The number of nitrogens with zero attached hydrogens (tertiary/aromatic N) is 2. The summed E-state index contributed by atoms with van der Waals surface area (Å²) in [6, 6.07) is 0. The van der Waals surface area contributed by atoms with Crippen LogP contribution in [0.25, 0.3) is 0 Å². The number of aliphatic carboxylic acids is 1. The van der Waals surface area contributed by atoms with E-state index in [0.717, 1.165) is 44.4 Å². The van der Waals surface area contributed by atoms with Gasteiger partial charge in [-0.25, -0.2) is 4.79 Å². The monoisotopic (exact) mass is 420 g/mol. The number of ether oxygens (including phenoxy) is 1. The predicted molar refractivity (Wildman–Crippen MR) is 99.3 cm³/mol. The summed E-state index contributed by atoms with van der Waals surface area (Å²) in [4.78, 5) is 26.2. The van der Waals surface area contributed by atoms with Gasteiger partial charge in [0.05, 0.1) is 6.61 Å². The zero-order chi connectivity index (χ0) is 21.1. The highest BCUT2D eigenvalue weighted by Gasteiger charge is 2.47. The number of carboxylic acid groups (broad SMARTS) is 1. The van der Waals surface area contributed by atoms with Gasteiger partial charge in [-0.2, -0.15) is 13.2 Å². The first-order valence-corrected chi connectivity index (χ1v) is 10.6. The van der Waals surface area contributed by atoms with Gasteiger partial charge in [0, 0.05) is 38.2 Å². The Balaban J connectivity index is 0.000000298. The molecule has 166 valence electrons. The van der Waals surface area contributed by atoms with Crippen LogP contribution in [0.15, 0.2) is 0 Å². The van der Waals surface area contributed by atoms with Gasteiger partial charge < -0.3 is 19.6 Å². The van der Waals surface area contributed by atoms with Crippen LogP contribution in [0.3, 0.4) is 0 Å². The number of likely N-dealkylation sites (tertiary alicyclic amines) is 2. The smallest absolute Gasteiger partial charge is 0.475 e. The van der Waals surface area contributed by atoms with E-state index < -0.39 is 12.1 Å². The average molecular weight is 420 g/mol. The molecule has 3 aliphatic heterocycles. The molecule has 4 fully saturated rings. The molecule has 9 heteroatoms. The molecule has 0 aromatic rings. The fourth-order valence-electron chi connectivity index (χ4n) is 4.76. The van der Waals surface area contributed by atoms with E-state index >= 15 is 0 Å². The highest BCUT2D eigenvalue weighted by Crippen LogP contribution is 2.42. The van der Waals surface area contributed by atoms with Gasteiger partial charge >= 0.3 is 12.1 Å². The molecule has 29 heavy (non-hydrogen) atoms. The Kier molecular flexibility index (Phi) is 7.09. The van der Waals surface area contributed by atoms with Crippen LogP contribution in [0, 0.1) is 11.8 Å². The second-order valence-electron chi connectivity index (χ2n) is 8.86. The van der Waals surface area contributed by atoms with Crippen LogP contribution in [0.4, 0.5) is 13.2 Å². The fraction of sp³-hybridized carbons (Fsp3) is 0.900. The van der Waals surface area contributed by atoms with Crippen molar-refractivity contribution in [3.8, 4) is 0 Å². The largest absolute Gasteiger partial charge is 0.490 e. The van der Waals surface area contributed by atoms with E-state index in [4.69, 9.17) is 14.6 Å². The lowest BCUT2D eigenvalue weighted by molar-refractivity contribution is -0.192. The molecule has 1 saturated carbocycles. The van der Waals surface area contributed by atoms with E-state index in [9.17, 15) is 18.0 Å². The summed E-state index contributed by atoms with van der Waals surface area (Å²) in [7, 11) is 0. The van der Waals surface area contributed by atoms with Crippen LogP contribution in [0.2, 0.25) is 0 Å². The number of amides is 1. The second kappa shape index (κ2) is 9.20. The summed E-state index contributed by atoms with van der Waals surface area (Å²) in [5.41, 5.74) is 0.209. The third kappa shape index (κ3) is 6.07. The molecule has 4 aliphatic rings. The molecule has 1 amide bonds. The van der Waals surface area contributed by atoms with E-state index in [1.54, 1.807) is 0 Å². The van der Waals surface area contributed by atoms with Gasteiger partial charge in [0.15, 0.2) is 0 Å². The standard InChI is InChI=1S/C18H30N2O2.C2HF3O2/c21-17-4-7-18(20(17)13-15-2-3-15)6-1-9-19(10-8-18)12-16-5-11-22-14-16;3-2(4,5)1(6)7/h15-16H,1-14H2;(H,6,7). The predicted octanol–water partition coefficient (Wildman–Crippen LogP) is 2.91. The second-order valence-corrected chi connectivity index (χ2v) is 8.86. The van der Waals surface area contributed by atoms with E-state index in [1.165, 1.54) is 58.2 Å². The van der Waals surface area contributed by atoms with Crippen LogP contribution >= 0.6 is 0 Å². The quantitative estimate of drug-likeness (QED) is 0.757. The van der Waals surface area contributed by atoms with Crippen molar-refractivity contribution >= 4 is 11.9 Å². The Bertz CT molecular complexity index is 591. The lowest BCUT2D eigenvalue weighted by atomic mass is 9.87. The lowest BCUT2D eigenvalue weighted by Crippen LogP contribution is -2.47. The molecule has 1 N–H and O–H groups in total. The highest BCUT2D eigenvalue weighted by atomic mass is 19.4. The van der Waals surface area contributed by atoms with Crippen molar-refractivity contribution < 1.29 is 32.6 Å². The summed E-state index contributed by atoms with van der Waals surface area (Å²) in [6.07, 6.45) is 4.40. The first-order chi connectivity index (χ1) is 13.7. The van der Waals surface area contributed by atoms with E-state index in [0.29, 0.717) is 5.91 Å². The molecule has 3 saturated heterocycles. The Hall–Kier alpha value is -1.35. The maximum absolute atomic E-state index is 12.4. The number of halogens is 3. The average Bonchev–Trinajstić information content (AvgIpc) is 3.30. The molecule has 1 spiro atoms. The maximum atomic E-state index is 12.4. The number of rotatable bonds is 4.